The van der Waals surface area contributed by atoms with Gasteiger partial charge < -0.3 is 20.1 Å². The average Bonchev–Trinajstić information content (AvgIpc) is 2.78. The summed E-state index contributed by atoms with van der Waals surface area (Å²) in [6.07, 6.45) is 0. The summed E-state index contributed by atoms with van der Waals surface area (Å²) in [6.45, 7) is 1.52. The summed E-state index contributed by atoms with van der Waals surface area (Å²) < 4.78 is 4.64. The molecule has 0 spiro atoms. The third-order valence-corrected chi connectivity index (χ3v) is 2.25. The van der Waals surface area contributed by atoms with Crippen molar-refractivity contribution in [3.8, 4) is 5.75 Å². The highest BCUT2D eigenvalue weighted by Gasteiger charge is 2.18. The molecule has 0 fully saturated rings. The van der Waals surface area contributed by atoms with Crippen molar-refractivity contribution in [2.24, 2.45) is 0 Å². The molecule has 0 radical (unpaired) electrons. The minimum Gasteiger partial charge on any atom is -0.505 e. The third-order valence-electron chi connectivity index (χ3n) is 2.25. The number of carbonyl (C=O) groups excluding carboxylic acids is 1. The second-order valence-corrected chi connectivity index (χ2v) is 3.60. The second kappa shape index (κ2) is 4.77. The molecular weight excluding hydrogens is 254 g/mol. The zero-order valence-electron chi connectivity index (χ0n) is 9.75. The fraction of sp³-hybridized carbons (Fsp3) is 0.0909. The van der Waals surface area contributed by atoms with E-state index < -0.39 is 17.6 Å². The Bertz CT molecular complexity index is 650. The van der Waals surface area contributed by atoms with Crippen LogP contribution in [0.25, 0.3) is 0 Å². The summed E-state index contributed by atoms with van der Waals surface area (Å²) in [4.78, 5) is 26.2. The summed E-state index contributed by atoms with van der Waals surface area (Å²) in [7, 11) is 0. The van der Waals surface area contributed by atoms with E-state index in [1.807, 2.05) is 0 Å². The first kappa shape index (κ1) is 12.6. The summed E-state index contributed by atoms with van der Waals surface area (Å²) in [5, 5.41) is 24.2. The van der Waals surface area contributed by atoms with Crippen LogP contribution >= 0.6 is 0 Å². The van der Waals surface area contributed by atoms with E-state index in [9.17, 15) is 14.7 Å². The van der Waals surface area contributed by atoms with Gasteiger partial charge in [-0.2, -0.15) is 4.98 Å². The molecule has 0 bridgehead atoms. The van der Waals surface area contributed by atoms with Gasteiger partial charge in [0.1, 0.15) is 5.56 Å². The highest BCUT2D eigenvalue weighted by atomic mass is 16.5. The Hall–Kier alpha value is -2.90. The van der Waals surface area contributed by atoms with Crippen molar-refractivity contribution in [3.63, 3.8) is 0 Å². The number of nitrogens with one attached hydrogen (secondary N) is 1. The normalized spacial score (nSPS) is 10.2. The first-order chi connectivity index (χ1) is 8.99. The number of aryl methyl sites for hydroxylation is 1. The van der Waals surface area contributed by atoms with Gasteiger partial charge in [0.2, 0.25) is 5.89 Å². The highest BCUT2D eigenvalue weighted by molar-refractivity contribution is 6.04. The van der Waals surface area contributed by atoms with E-state index in [0.29, 0.717) is 0 Å². The van der Waals surface area contributed by atoms with Crippen molar-refractivity contribution >= 4 is 17.6 Å². The Morgan fingerprint density at radius 2 is 2.11 bits per heavy atom. The van der Waals surface area contributed by atoms with Gasteiger partial charge in [-0.15, -0.1) is 0 Å². The van der Waals surface area contributed by atoms with Gasteiger partial charge in [0, 0.05) is 6.92 Å². The molecule has 98 valence electrons. The minimum absolute atomic E-state index is 0.0487. The molecule has 0 saturated carbocycles. The van der Waals surface area contributed by atoms with Gasteiger partial charge in [0.15, 0.2) is 5.75 Å². The predicted molar refractivity (Wildman–Crippen MR) is 62.1 cm³/mol. The number of carboxylic acids is 1. The largest absolute Gasteiger partial charge is 0.505 e. The fourth-order valence-electron chi connectivity index (χ4n) is 1.39. The average molecular weight is 263 g/mol. The van der Waals surface area contributed by atoms with Crippen LogP contribution in [-0.2, 0) is 0 Å². The molecule has 19 heavy (non-hydrogen) atoms. The van der Waals surface area contributed by atoms with Crippen LogP contribution in [0.3, 0.4) is 0 Å². The lowest BCUT2D eigenvalue weighted by molar-refractivity contribution is 0.0693. The van der Waals surface area contributed by atoms with Crippen molar-refractivity contribution in [2.45, 2.75) is 6.92 Å². The molecule has 2 rings (SSSR count). The maximum absolute atomic E-state index is 11.7. The summed E-state index contributed by atoms with van der Waals surface area (Å²) in [5.74, 6) is -2.55. The number of carbonyl (C=O) groups is 2. The standard InChI is InChI=1S/C11H9N3O5/c1-5-12-9(14-19-5)10(16)13-7-4-2-3-6(8(7)15)11(17)18/h2-4,15H,1H3,(H,13,16)(H,17,18). The van der Waals surface area contributed by atoms with Crippen LogP contribution in [0.4, 0.5) is 5.69 Å². The molecule has 8 heteroatoms. The number of phenols is 1. The van der Waals surface area contributed by atoms with Gasteiger partial charge in [0.25, 0.3) is 11.7 Å². The van der Waals surface area contributed by atoms with Gasteiger partial charge in [-0.25, -0.2) is 4.79 Å². The molecule has 8 nitrogen and oxygen atoms in total. The van der Waals surface area contributed by atoms with Crippen molar-refractivity contribution < 1.29 is 24.3 Å². The predicted octanol–water partition coefficient (Wildman–Crippen LogP) is 1.03. The Morgan fingerprint density at radius 1 is 1.37 bits per heavy atom. The lowest BCUT2D eigenvalue weighted by atomic mass is 10.1. The summed E-state index contributed by atoms with van der Waals surface area (Å²) in [5.41, 5.74) is -0.366. The number of benzene rings is 1. The first-order valence-corrected chi connectivity index (χ1v) is 5.16. The van der Waals surface area contributed by atoms with Crippen LogP contribution in [-0.4, -0.2) is 32.2 Å². The zero-order valence-corrected chi connectivity index (χ0v) is 9.75. The quantitative estimate of drug-likeness (QED) is 0.706. The molecule has 0 atom stereocenters. The molecule has 2 aromatic rings. The second-order valence-electron chi connectivity index (χ2n) is 3.60. The van der Waals surface area contributed by atoms with Crippen LogP contribution < -0.4 is 5.32 Å². The van der Waals surface area contributed by atoms with Crippen LogP contribution in [0.5, 0.6) is 5.75 Å². The minimum atomic E-state index is -1.30. The highest BCUT2D eigenvalue weighted by Crippen LogP contribution is 2.27. The zero-order chi connectivity index (χ0) is 14.0. The molecule has 1 amide bonds. The number of hydrogen-bond donors (Lipinski definition) is 3. The number of hydrogen-bond acceptors (Lipinski definition) is 6. The fourth-order valence-corrected chi connectivity index (χ4v) is 1.39. The molecule has 1 aromatic carbocycles. The first-order valence-electron chi connectivity index (χ1n) is 5.16. The topological polar surface area (TPSA) is 126 Å². The van der Waals surface area contributed by atoms with Crippen molar-refractivity contribution in [1.29, 1.82) is 0 Å². The van der Waals surface area contributed by atoms with E-state index in [0.717, 1.165) is 0 Å². The Morgan fingerprint density at radius 3 is 2.68 bits per heavy atom. The Labute approximate surface area is 106 Å². The molecule has 1 aromatic heterocycles. The lowest BCUT2D eigenvalue weighted by Gasteiger charge is -2.07. The number of carboxylic acid groups (broad SMARTS) is 1. The number of aromatic hydroxyl groups is 1. The van der Waals surface area contributed by atoms with E-state index in [1.165, 1.54) is 25.1 Å². The number of amides is 1. The van der Waals surface area contributed by atoms with Crippen LogP contribution in [0.1, 0.15) is 26.9 Å². The maximum Gasteiger partial charge on any atom is 0.339 e. The smallest absolute Gasteiger partial charge is 0.339 e. The molecule has 0 saturated heterocycles. The van der Waals surface area contributed by atoms with Crippen molar-refractivity contribution in [1.82, 2.24) is 10.1 Å². The molecule has 3 N–H and O–H groups in total. The summed E-state index contributed by atoms with van der Waals surface area (Å²) in [6, 6.07) is 3.96. The number of rotatable bonds is 3. The summed E-state index contributed by atoms with van der Waals surface area (Å²) >= 11 is 0. The molecule has 0 unspecified atom stereocenters. The van der Waals surface area contributed by atoms with Crippen molar-refractivity contribution in [3.05, 3.63) is 35.5 Å². The van der Waals surface area contributed by atoms with Crippen LogP contribution in [0.2, 0.25) is 0 Å². The Balaban J connectivity index is 2.27. The van der Waals surface area contributed by atoms with Gasteiger partial charge in [0.05, 0.1) is 5.69 Å². The lowest BCUT2D eigenvalue weighted by Crippen LogP contribution is -2.14. The van der Waals surface area contributed by atoms with Gasteiger partial charge in [-0.3, -0.25) is 4.79 Å². The number of para-hydroxylation sites is 1. The van der Waals surface area contributed by atoms with E-state index in [1.54, 1.807) is 0 Å². The SMILES string of the molecule is Cc1nc(C(=O)Nc2cccc(C(=O)O)c2O)no1. The van der Waals surface area contributed by atoms with Gasteiger partial charge >= 0.3 is 5.97 Å². The van der Waals surface area contributed by atoms with Crippen LogP contribution in [0.15, 0.2) is 22.7 Å². The molecule has 0 aliphatic carbocycles. The maximum atomic E-state index is 11.7. The van der Waals surface area contributed by atoms with Crippen molar-refractivity contribution in [2.75, 3.05) is 5.32 Å². The number of nitrogens with zero attached hydrogens (tertiary/aromatic N) is 2. The van der Waals surface area contributed by atoms with E-state index >= 15 is 0 Å². The van der Waals surface area contributed by atoms with E-state index in [-0.39, 0.29) is 23.0 Å². The Kier molecular flexibility index (Phi) is 3.15. The number of aromatic carboxylic acids is 1. The number of aromatic nitrogens is 2. The van der Waals surface area contributed by atoms with E-state index in [4.69, 9.17) is 5.11 Å². The van der Waals surface area contributed by atoms with Gasteiger partial charge in [-0.05, 0) is 12.1 Å². The monoisotopic (exact) mass is 263 g/mol. The molecule has 1 heterocycles. The van der Waals surface area contributed by atoms with Gasteiger partial charge in [-0.1, -0.05) is 11.2 Å². The molecular formula is C11H9N3O5. The van der Waals surface area contributed by atoms with E-state index in [2.05, 4.69) is 20.0 Å². The number of anilines is 1. The third kappa shape index (κ3) is 2.51. The molecule has 0 aliphatic heterocycles. The molecule has 0 aliphatic rings. The van der Waals surface area contributed by atoms with Crippen LogP contribution in [0, 0.1) is 6.92 Å².